The Labute approximate surface area is 107 Å². The lowest BCUT2D eigenvalue weighted by atomic mass is 9.86. The fourth-order valence-corrected chi connectivity index (χ4v) is 2.88. The van der Waals surface area contributed by atoms with Crippen LogP contribution in [0.4, 0.5) is 4.39 Å². The number of hydrogen-bond acceptors (Lipinski definition) is 3. The summed E-state index contributed by atoms with van der Waals surface area (Å²) in [5.74, 6) is 5.77. The van der Waals surface area contributed by atoms with Crippen molar-refractivity contribution in [1.82, 2.24) is 5.43 Å². The van der Waals surface area contributed by atoms with Crippen LogP contribution >= 0.6 is 0 Å². The highest BCUT2D eigenvalue weighted by Crippen LogP contribution is 2.34. The van der Waals surface area contributed by atoms with Gasteiger partial charge in [-0.05, 0) is 43.0 Å². The predicted octanol–water partition coefficient (Wildman–Crippen LogP) is 2.45. The summed E-state index contributed by atoms with van der Waals surface area (Å²) >= 11 is 0. The van der Waals surface area contributed by atoms with E-state index in [9.17, 15) is 4.39 Å². The van der Waals surface area contributed by atoms with Gasteiger partial charge in [-0.15, -0.1) is 0 Å². The molecule has 1 fully saturated rings. The highest BCUT2D eigenvalue weighted by Gasteiger charge is 2.34. The first-order chi connectivity index (χ1) is 8.65. The van der Waals surface area contributed by atoms with E-state index in [2.05, 4.69) is 12.3 Å². The van der Waals surface area contributed by atoms with Crippen LogP contribution < -0.4 is 11.3 Å². The Morgan fingerprint density at radius 1 is 1.50 bits per heavy atom. The van der Waals surface area contributed by atoms with Gasteiger partial charge in [0.1, 0.15) is 5.82 Å². The van der Waals surface area contributed by atoms with Gasteiger partial charge in [-0.1, -0.05) is 13.0 Å². The van der Waals surface area contributed by atoms with Gasteiger partial charge >= 0.3 is 0 Å². The second-order valence-electron chi connectivity index (χ2n) is 4.98. The minimum atomic E-state index is -0.211. The van der Waals surface area contributed by atoms with Crippen LogP contribution in [0.1, 0.15) is 36.9 Å². The molecule has 0 aliphatic carbocycles. The van der Waals surface area contributed by atoms with Gasteiger partial charge in [0.15, 0.2) is 0 Å². The lowest BCUT2D eigenvalue weighted by Crippen LogP contribution is -2.37. The molecule has 2 rings (SSSR count). The highest BCUT2D eigenvalue weighted by atomic mass is 19.1. The second-order valence-corrected chi connectivity index (χ2v) is 4.98. The Hall–Kier alpha value is -0.970. The van der Waals surface area contributed by atoms with Crippen LogP contribution in [-0.2, 0) is 4.74 Å². The maximum Gasteiger partial charge on any atom is 0.123 e. The van der Waals surface area contributed by atoms with Crippen molar-refractivity contribution in [2.24, 2.45) is 11.8 Å². The smallest absolute Gasteiger partial charge is 0.123 e. The SMILES string of the molecule is CCC1OCCC1C(NN)c1cc(C)cc(F)c1. The van der Waals surface area contributed by atoms with Gasteiger partial charge in [0, 0.05) is 12.5 Å². The van der Waals surface area contributed by atoms with Crippen LogP contribution in [0, 0.1) is 18.7 Å². The first-order valence-corrected chi connectivity index (χ1v) is 6.50. The fraction of sp³-hybridized carbons (Fsp3) is 0.571. The second kappa shape index (κ2) is 5.78. The monoisotopic (exact) mass is 252 g/mol. The molecular formula is C14H21FN2O. The standard InChI is InChI=1S/C14H21FN2O/c1-3-13-12(4-5-18-13)14(17-16)10-6-9(2)7-11(15)8-10/h6-8,12-14,17H,3-5,16H2,1-2H3. The van der Waals surface area contributed by atoms with Gasteiger partial charge in [-0.2, -0.15) is 0 Å². The Bertz CT molecular complexity index is 391. The third-order valence-corrected chi connectivity index (χ3v) is 3.69. The van der Waals surface area contributed by atoms with Crippen molar-refractivity contribution < 1.29 is 9.13 Å². The van der Waals surface area contributed by atoms with Crippen molar-refractivity contribution in [3.63, 3.8) is 0 Å². The molecule has 18 heavy (non-hydrogen) atoms. The van der Waals surface area contributed by atoms with Crippen molar-refractivity contribution in [1.29, 1.82) is 0 Å². The molecule has 1 aromatic carbocycles. The molecule has 1 aromatic rings. The van der Waals surface area contributed by atoms with E-state index in [-0.39, 0.29) is 18.0 Å². The summed E-state index contributed by atoms with van der Waals surface area (Å²) in [5, 5.41) is 0. The zero-order valence-corrected chi connectivity index (χ0v) is 10.9. The van der Waals surface area contributed by atoms with Gasteiger partial charge in [-0.3, -0.25) is 11.3 Å². The minimum Gasteiger partial charge on any atom is -0.378 e. The summed E-state index contributed by atoms with van der Waals surface area (Å²) in [4.78, 5) is 0. The molecule has 100 valence electrons. The Morgan fingerprint density at radius 2 is 2.28 bits per heavy atom. The molecule has 3 N–H and O–H groups in total. The van der Waals surface area contributed by atoms with Crippen molar-refractivity contribution >= 4 is 0 Å². The third-order valence-electron chi connectivity index (χ3n) is 3.69. The number of benzene rings is 1. The number of hydrazine groups is 1. The van der Waals surface area contributed by atoms with Gasteiger partial charge < -0.3 is 4.74 Å². The maximum absolute atomic E-state index is 13.5. The zero-order valence-electron chi connectivity index (χ0n) is 10.9. The molecular weight excluding hydrogens is 231 g/mol. The molecule has 0 aromatic heterocycles. The van der Waals surface area contributed by atoms with E-state index in [0.29, 0.717) is 5.92 Å². The average Bonchev–Trinajstić information content (AvgIpc) is 2.77. The van der Waals surface area contributed by atoms with Crippen molar-refractivity contribution in [3.8, 4) is 0 Å². The largest absolute Gasteiger partial charge is 0.378 e. The molecule has 0 amide bonds. The van der Waals surface area contributed by atoms with Gasteiger partial charge in [0.2, 0.25) is 0 Å². The average molecular weight is 252 g/mol. The molecule has 3 nitrogen and oxygen atoms in total. The van der Waals surface area contributed by atoms with E-state index in [4.69, 9.17) is 10.6 Å². The van der Waals surface area contributed by atoms with E-state index in [0.717, 1.165) is 30.6 Å². The van der Waals surface area contributed by atoms with Crippen LogP contribution in [-0.4, -0.2) is 12.7 Å². The minimum absolute atomic E-state index is 0.0492. The molecule has 4 heteroatoms. The van der Waals surface area contributed by atoms with Crippen molar-refractivity contribution in [2.45, 2.75) is 38.8 Å². The van der Waals surface area contributed by atoms with Gasteiger partial charge in [0.05, 0.1) is 12.1 Å². The summed E-state index contributed by atoms with van der Waals surface area (Å²) in [6.45, 7) is 4.76. The Morgan fingerprint density at radius 3 is 2.89 bits per heavy atom. The predicted molar refractivity (Wildman–Crippen MR) is 69.3 cm³/mol. The van der Waals surface area contributed by atoms with Gasteiger partial charge in [0.25, 0.3) is 0 Å². The summed E-state index contributed by atoms with van der Waals surface area (Å²) in [6.07, 6.45) is 2.12. The zero-order chi connectivity index (χ0) is 13.1. The number of ether oxygens (including phenoxy) is 1. The number of hydrogen-bond donors (Lipinski definition) is 2. The third kappa shape index (κ3) is 2.71. The number of aryl methyl sites for hydroxylation is 1. The lowest BCUT2D eigenvalue weighted by molar-refractivity contribution is 0.0773. The van der Waals surface area contributed by atoms with Crippen LogP contribution in [0.2, 0.25) is 0 Å². The molecule has 1 heterocycles. The summed E-state index contributed by atoms with van der Waals surface area (Å²) in [7, 11) is 0. The van der Waals surface area contributed by atoms with E-state index in [1.54, 1.807) is 6.07 Å². The fourth-order valence-electron chi connectivity index (χ4n) is 2.88. The first kappa shape index (κ1) is 13.5. The summed E-state index contributed by atoms with van der Waals surface area (Å²) < 4.78 is 19.2. The summed E-state index contributed by atoms with van der Waals surface area (Å²) in [5.41, 5.74) is 4.65. The maximum atomic E-state index is 13.5. The lowest BCUT2D eigenvalue weighted by Gasteiger charge is -2.27. The number of halogens is 1. The molecule has 3 atom stereocenters. The number of nitrogens with one attached hydrogen (secondary N) is 1. The first-order valence-electron chi connectivity index (χ1n) is 6.50. The van der Waals surface area contributed by atoms with Crippen molar-refractivity contribution in [3.05, 3.63) is 35.1 Å². The summed E-state index contributed by atoms with van der Waals surface area (Å²) in [6, 6.07) is 5.02. The van der Waals surface area contributed by atoms with E-state index >= 15 is 0 Å². The quantitative estimate of drug-likeness (QED) is 0.639. The van der Waals surface area contributed by atoms with Crippen LogP contribution in [0.15, 0.2) is 18.2 Å². The molecule has 0 radical (unpaired) electrons. The molecule has 0 saturated carbocycles. The van der Waals surface area contributed by atoms with E-state index < -0.39 is 0 Å². The number of rotatable bonds is 4. The van der Waals surface area contributed by atoms with Crippen molar-refractivity contribution in [2.75, 3.05) is 6.61 Å². The van der Waals surface area contributed by atoms with Gasteiger partial charge in [-0.25, -0.2) is 4.39 Å². The topological polar surface area (TPSA) is 47.3 Å². The van der Waals surface area contributed by atoms with Crippen LogP contribution in [0.5, 0.6) is 0 Å². The van der Waals surface area contributed by atoms with E-state index in [1.165, 1.54) is 6.07 Å². The molecule has 1 aliphatic heterocycles. The number of nitrogens with two attached hydrogens (primary N) is 1. The molecule has 1 aliphatic rings. The van der Waals surface area contributed by atoms with E-state index in [1.807, 2.05) is 13.0 Å². The molecule has 0 spiro atoms. The molecule has 0 bridgehead atoms. The molecule has 1 saturated heterocycles. The Balaban J connectivity index is 2.27. The molecule has 3 unspecified atom stereocenters. The Kier molecular flexibility index (Phi) is 4.32. The van der Waals surface area contributed by atoms with Crippen LogP contribution in [0.25, 0.3) is 0 Å². The highest BCUT2D eigenvalue weighted by molar-refractivity contribution is 5.27. The van der Waals surface area contributed by atoms with Crippen LogP contribution in [0.3, 0.4) is 0 Å². The normalized spacial score (nSPS) is 25.3.